The first-order valence-electron chi connectivity index (χ1n) is 8.61. The summed E-state index contributed by atoms with van der Waals surface area (Å²) in [6.45, 7) is 11.8. The molecular formula is C17H36N2O. The molecule has 3 nitrogen and oxygen atoms in total. The molecular weight excluding hydrogens is 248 g/mol. The van der Waals surface area contributed by atoms with Gasteiger partial charge < -0.3 is 15.8 Å². The number of ether oxygens (including phenoxy) is 1. The van der Waals surface area contributed by atoms with Gasteiger partial charge in [0.05, 0.1) is 6.10 Å². The van der Waals surface area contributed by atoms with E-state index in [1.807, 2.05) is 0 Å². The fourth-order valence-electron chi connectivity index (χ4n) is 3.46. The predicted molar refractivity (Wildman–Crippen MR) is 86.9 cm³/mol. The molecule has 3 unspecified atom stereocenters. The van der Waals surface area contributed by atoms with Gasteiger partial charge in [-0.2, -0.15) is 0 Å². The summed E-state index contributed by atoms with van der Waals surface area (Å²) in [5, 5.41) is 3.73. The largest absolute Gasteiger partial charge is 0.378 e. The summed E-state index contributed by atoms with van der Waals surface area (Å²) in [5.41, 5.74) is 5.98. The number of nitrogens with two attached hydrogens (primary N) is 1. The molecule has 3 N–H and O–H groups in total. The van der Waals surface area contributed by atoms with Crippen molar-refractivity contribution in [1.82, 2.24) is 5.32 Å². The normalized spacial score (nSPS) is 26.2. The number of rotatable bonds is 11. The summed E-state index contributed by atoms with van der Waals surface area (Å²) >= 11 is 0. The maximum atomic E-state index is 5.78. The van der Waals surface area contributed by atoms with Gasteiger partial charge in [-0.3, -0.25) is 0 Å². The Morgan fingerprint density at radius 2 is 2.00 bits per heavy atom. The van der Waals surface area contributed by atoms with Gasteiger partial charge in [-0.15, -0.1) is 0 Å². The van der Waals surface area contributed by atoms with E-state index in [2.05, 4.69) is 33.0 Å². The van der Waals surface area contributed by atoms with Crippen LogP contribution in [0.5, 0.6) is 0 Å². The monoisotopic (exact) mass is 284 g/mol. The standard InChI is InChI=1S/C17H36N2O/c1-5-8-14(10-11-18)9-7-12-19-15-13-16(20-6-2)17(15,3)4/h14-16,19H,5-13,18H2,1-4H3. The van der Waals surface area contributed by atoms with Crippen molar-refractivity contribution >= 4 is 0 Å². The second-order valence-corrected chi connectivity index (χ2v) is 6.88. The van der Waals surface area contributed by atoms with Crippen LogP contribution in [0, 0.1) is 11.3 Å². The fraction of sp³-hybridized carbons (Fsp3) is 1.00. The Morgan fingerprint density at radius 3 is 2.55 bits per heavy atom. The number of nitrogens with one attached hydrogen (secondary N) is 1. The van der Waals surface area contributed by atoms with Gasteiger partial charge in [-0.25, -0.2) is 0 Å². The summed E-state index contributed by atoms with van der Waals surface area (Å²) < 4.78 is 5.78. The van der Waals surface area contributed by atoms with E-state index < -0.39 is 0 Å². The lowest BCUT2D eigenvalue weighted by Gasteiger charge is -2.52. The molecule has 0 aromatic carbocycles. The zero-order chi connectivity index (χ0) is 15.0. The van der Waals surface area contributed by atoms with Gasteiger partial charge in [0.15, 0.2) is 0 Å². The van der Waals surface area contributed by atoms with E-state index in [0.717, 1.165) is 25.6 Å². The van der Waals surface area contributed by atoms with Crippen molar-refractivity contribution in [3.05, 3.63) is 0 Å². The average molecular weight is 284 g/mol. The maximum absolute atomic E-state index is 5.78. The van der Waals surface area contributed by atoms with Gasteiger partial charge >= 0.3 is 0 Å². The summed E-state index contributed by atoms with van der Waals surface area (Å²) in [6.07, 6.45) is 8.01. The van der Waals surface area contributed by atoms with Crippen molar-refractivity contribution in [2.45, 2.75) is 78.4 Å². The minimum absolute atomic E-state index is 0.288. The highest BCUT2D eigenvalue weighted by Gasteiger charge is 2.48. The van der Waals surface area contributed by atoms with Gasteiger partial charge in [-0.05, 0) is 51.6 Å². The molecule has 20 heavy (non-hydrogen) atoms. The summed E-state index contributed by atoms with van der Waals surface area (Å²) in [5.74, 6) is 0.831. The van der Waals surface area contributed by atoms with Crippen molar-refractivity contribution in [1.29, 1.82) is 0 Å². The molecule has 1 rings (SSSR count). The Bertz CT molecular complexity index is 249. The average Bonchev–Trinajstić information content (AvgIpc) is 2.41. The van der Waals surface area contributed by atoms with E-state index in [4.69, 9.17) is 10.5 Å². The van der Waals surface area contributed by atoms with E-state index in [0.29, 0.717) is 12.1 Å². The second-order valence-electron chi connectivity index (χ2n) is 6.88. The predicted octanol–water partition coefficient (Wildman–Crippen LogP) is 3.32. The topological polar surface area (TPSA) is 47.3 Å². The van der Waals surface area contributed by atoms with Crippen molar-refractivity contribution in [2.24, 2.45) is 17.1 Å². The zero-order valence-corrected chi connectivity index (χ0v) is 14.1. The van der Waals surface area contributed by atoms with Crippen LogP contribution in [0.3, 0.4) is 0 Å². The third-order valence-corrected chi connectivity index (χ3v) is 5.00. The SMILES string of the molecule is CCCC(CCN)CCCNC1CC(OCC)C1(C)C. The second kappa shape index (κ2) is 9.01. The molecule has 0 bridgehead atoms. The molecule has 3 heteroatoms. The van der Waals surface area contributed by atoms with Gasteiger partial charge in [0.25, 0.3) is 0 Å². The Balaban J connectivity index is 2.15. The Kier molecular flexibility index (Phi) is 8.08. The van der Waals surface area contributed by atoms with Crippen LogP contribution < -0.4 is 11.1 Å². The molecule has 1 fully saturated rings. The first-order valence-corrected chi connectivity index (χ1v) is 8.61. The third kappa shape index (κ3) is 5.01. The fourth-order valence-corrected chi connectivity index (χ4v) is 3.46. The molecule has 0 aliphatic heterocycles. The molecule has 3 atom stereocenters. The highest BCUT2D eigenvalue weighted by Crippen LogP contribution is 2.42. The number of hydrogen-bond donors (Lipinski definition) is 2. The van der Waals surface area contributed by atoms with Crippen LogP contribution in [0.25, 0.3) is 0 Å². The van der Waals surface area contributed by atoms with Crippen molar-refractivity contribution in [2.75, 3.05) is 19.7 Å². The minimum atomic E-state index is 0.288. The zero-order valence-electron chi connectivity index (χ0n) is 14.1. The smallest absolute Gasteiger partial charge is 0.0655 e. The lowest BCUT2D eigenvalue weighted by molar-refractivity contribution is -0.114. The first-order chi connectivity index (χ1) is 9.56. The molecule has 0 spiro atoms. The molecule has 0 radical (unpaired) electrons. The number of hydrogen-bond acceptors (Lipinski definition) is 3. The van der Waals surface area contributed by atoms with E-state index in [9.17, 15) is 0 Å². The van der Waals surface area contributed by atoms with Gasteiger partial charge in [0, 0.05) is 18.1 Å². The van der Waals surface area contributed by atoms with Crippen LogP contribution in [0.15, 0.2) is 0 Å². The molecule has 1 saturated carbocycles. The maximum Gasteiger partial charge on any atom is 0.0655 e. The van der Waals surface area contributed by atoms with E-state index >= 15 is 0 Å². The highest BCUT2D eigenvalue weighted by atomic mass is 16.5. The van der Waals surface area contributed by atoms with E-state index in [-0.39, 0.29) is 5.41 Å². The summed E-state index contributed by atoms with van der Waals surface area (Å²) in [4.78, 5) is 0. The van der Waals surface area contributed by atoms with Crippen LogP contribution >= 0.6 is 0 Å². The highest BCUT2D eigenvalue weighted by molar-refractivity contribution is 5.02. The molecule has 1 aliphatic carbocycles. The lowest BCUT2D eigenvalue weighted by atomic mass is 9.64. The van der Waals surface area contributed by atoms with Gasteiger partial charge in [0.2, 0.25) is 0 Å². The van der Waals surface area contributed by atoms with Crippen LogP contribution in [0.1, 0.15) is 66.2 Å². The van der Waals surface area contributed by atoms with Crippen molar-refractivity contribution < 1.29 is 4.74 Å². The molecule has 0 aromatic heterocycles. The Hall–Kier alpha value is -0.120. The molecule has 0 heterocycles. The molecule has 1 aliphatic rings. The lowest BCUT2D eigenvalue weighted by Crippen LogP contribution is -2.61. The summed E-state index contributed by atoms with van der Waals surface area (Å²) in [7, 11) is 0. The van der Waals surface area contributed by atoms with Gasteiger partial charge in [0.1, 0.15) is 0 Å². The van der Waals surface area contributed by atoms with E-state index in [1.54, 1.807) is 0 Å². The van der Waals surface area contributed by atoms with E-state index in [1.165, 1.54) is 38.5 Å². The van der Waals surface area contributed by atoms with Gasteiger partial charge in [-0.1, -0.05) is 33.6 Å². The molecule has 0 saturated heterocycles. The van der Waals surface area contributed by atoms with Crippen LogP contribution in [0.2, 0.25) is 0 Å². The Morgan fingerprint density at radius 1 is 1.25 bits per heavy atom. The van der Waals surface area contributed by atoms with Crippen LogP contribution in [-0.2, 0) is 4.74 Å². The summed E-state index contributed by atoms with van der Waals surface area (Å²) in [6, 6.07) is 0.623. The molecule has 0 amide bonds. The molecule has 120 valence electrons. The Labute approximate surface area is 126 Å². The third-order valence-electron chi connectivity index (χ3n) is 5.00. The quantitative estimate of drug-likeness (QED) is 0.572. The minimum Gasteiger partial charge on any atom is -0.378 e. The van der Waals surface area contributed by atoms with Crippen LogP contribution in [0.4, 0.5) is 0 Å². The first kappa shape index (κ1) is 17.9. The van der Waals surface area contributed by atoms with Crippen LogP contribution in [-0.4, -0.2) is 31.8 Å². The molecule has 0 aromatic rings. The van der Waals surface area contributed by atoms with Crippen molar-refractivity contribution in [3.63, 3.8) is 0 Å². The van der Waals surface area contributed by atoms with Crippen molar-refractivity contribution in [3.8, 4) is 0 Å².